The zero-order chi connectivity index (χ0) is 9.33. The molecule has 0 saturated carbocycles. The maximum absolute atomic E-state index is 8.07. The molecule has 70 valence electrons. The first-order chi connectivity index (χ1) is 4.97. The van der Waals surface area contributed by atoms with Gasteiger partial charge in [-0.3, -0.25) is 5.26 Å². The van der Waals surface area contributed by atoms with Crippen LogP contribution >= 0.6 is 0 Å². The van der Waals surface area contributed by atoms with Crippen molar-refractivity contribution in [3.8, 4) is 0 Å². The summed E-state index contributed by atoms with van der Waals surface area (Å²) in [5.74, 6) is 0. The maximum Gasteiger partial charge on any atom is 0.0949 e. The molecule has 0 atom stereocenters. The molecule has 0 radical (unpaired) electrons. The van der Waals surface area contributed by atoms with Crippen molar-refractivity contribution in [3.05, 3.63) is 0 Å². The first-order valence-corrected chi connectivity index (χ1v) is 3.91. The maximum atomic E-state index is 8.07. The van der Waals surface area contributed by atoms with Crippen molar-refractivity contribution in [3.63, 3.8) is 0 Å². The van der Waals surface area contributed by atoms with Crippen LogP contribution in [0.3, 0.4) is 0 Å². The average Bonchev–Trinajstić information content (AvgIpc) is 1.90. The third kappa shape index (κ3) is 25.8. The molecule has 0 aromatic heterocycles. The van der Waals surface area contributed by atoms with Gasteiger partial charge in [0.25, 0.3) is 0 Å². The molecule has 0 rings (SSSR count). The summed E-state index contributed by atoms with van der Waals surface area (Å²) in [7, 11) is 0. The standard InChI is InChI=1S/C4H10O2.C4H10O/c1-4(2,3)6-5;1-2-3-4-5/h5H,1-3H3;5H,2-4H2,1H3. The fourth-order valence-corrected chi connectivity index (χ4v) is 0.158. The molecule has 0 aliphatic carbocycles. The smallest absolute Gasteiger partial charge is 0.0949 e. The lowest BCUT2D eigenvalue weighted by Gasteiger charge is -2.10. The zero-order valence-electron chi connectivity index (χ0n) is 7.92. The number of aliphatic hydroxyl groups excluding tert-OH is 1. The molecule has 0 spiro atoms. The van der Waals surface area contributed by atoms with Gasteiger partial charge in [0.1, 0.15) is 0 Å². The van der Waals surface area contributed by atoms with Gasteiger partial charge in [0.15, 0.2) is 0 Å². The third-order valence-electron chi connectivity index (χ3n) is 0.786. The second kappa shape index (κ2) is 7.98. The molecule has 3 heteroatoms. The van der Waals surface area contributed by atoms with Crippen molar-refractivity contribution in [2.75, 3.05) is 6.61 Å². The minimum Gasteiger partial charge on any atom is -0.396 e. The van der Waals surface area contributed by atoms with Gasteiger partial charge >= 0.3 is 0 Å². The monoisotopic (exact) mass is 164 g/mol. The van der Waals surface area contributed by atoms with Crippen molar-refractivity contribution in [1.82, 2.24) is 0 Å². The van der Waals surface area contributed by atoms with Gasteiger partial charge in [-0.2, -0.15) is 0 Å². The Morgan fingerprint density at radius 1 is 1.27 bits per heavy atom. The molecular weight excluding hydrogens is 144 g/mol. The van der Waals surface area contributed by atoms with Crippen LogP contribution in [0.1, 0.15) is 40.5 Å². The Labute approximate surface area is 68.9 Å². The minimum atomic E-state index is -0.403. The van der Waals surface area contributed by atoms with E-state index in [1.807, 2.05) is 0 Å². The van der Waals surface area contributed by atoms with Crippen molar-refractivity contribution >= 4 is 0 Å². The van der Waals surface area contributed by atoms with Gasteiger partial charge in [-0.15, -0.1) is 0 Å². The number of hydrogen-bond acceptors (Lipinski definition) is 3. The summed E-state index contributed by atoms with van der Waals surface area (Å²) in [5.41, 5.74) is -0.403. The molecular formula is C8H20O3. The summed E-state index contributed by atoms with van der Waals surface area (Å²) in [6, 6.07) is 0. The second-order valence-electron chi connectivity index (χ2n) is 3.28. The predicted molar refractivity (Wildman–Crippen MR) is 45.5 cm³/mol. The summed E-state index contributed by atoms with van der Waals surface area (Å²) in [6.07, 6.45) is 2.04. The predicted octanol–water partition coefficient (Wildman–Crippen LogP) is 2.05. The summed E-state index contributed by atoms with van der Waals surface area (Å²) in [4.78, 5) is 3.94. The first kappa shape index (κ1) is 13.5. The highest BCUT2D eigenvalue weighted by Gasteiger charge is 2.06. The first-order valence-electron chi connectivity index (χ1n) is 3.91. The average molecular weight is 164 g/mol. The summed E-state index contributed by atoms with van der Waals surface area (Å²) in [5, 5.41) is 16.0. The van der Waals surface area contributed by atoms with Crippen LogP contribution in [0.5, 0.6) is 0 Å². The van der Waals surface area contributed by atoms with Gasteiger partial charge in [-0.05, 0) is 27.2 Å². The Kier molecular flexibility index (Phi) is 9.77. The van der Waals surface area contributed by atoms with Crippen LogP contribution in [0, 0.1) is 0 Å². The van der Waals surface area contributed by atoms with Crippen molar-refractivity contribution < 1.29 is 15.3 Å². The van der Waals surface area contributed by atoms with Crippen LogP contribution < -0.4 is 0 Å². The van der Waals surface area contributed by atoms with Crippen molar-refractivity contribution in [1.29, 1.82) is 0 Å². The van der Waals surface area contributed by atoms with Crippen LogP contribution in [0.4, 0.5) is 0 Å². The molecule has 2 N–H and O–H groups in total. The highest BCUT2D eigenvalue weighted by atomic mass is 17.1. The van der Waals surface area contributed by atoms with Gasteiger partial charge < -0.3 is 5.11 Å². The molecule has 0 unspecified atom stereocenters. The van der Waals surface area contributed by atoms with Crippen LogP contribution in [-0.2, 0) is 4.89 Å². The second-order valence-corrected chi connectivity index (χ2v) is 3.28. The number of aliphatic hydroxyl groups is 1. The molecule has 0 aromatic carbocycles. The Bertz CT molecular complexity index is 64.2. The van der Waals surface area contributed by atoms with E-state index in [0.717, 1.165) is 12.8 Å². The summed E-state index contributed by atoms with van der Waals surface area (Å²) < 4.78 is 0. The molecule has 0 aliphatic heterocycles. The van der Waals surface area contributed by atoms with Crippen molar-refractivity contribution in [2.45, 2.75) is 46.1 Å². The van der Waals surface area contributed by atoms with Gasteiger partial charge in [0, 0.05) is 6.61 Å². The Morgan fingerprint density at radius 3 is 1.64 bits per heavy atom. The van der Waals surface area contributed by atoms with E-state index in [-0.39, 0.29) is 0 Å². The Morgan fingerprint density at radius 2 is 1.64 bits per heavy atom. The fraction of sp³-hybridized carbons (Fsp3) is 1.00. The Hall–Kier alpha value is -0.120. The van der Waals surface area contributed by atoms with E-state index < -0.39 is 5.60 Å². The number of hydrogen-bond donors (Lipinski definition) is 2. The number of rotatable bonds is 2. The molecule has 3 nitrogen and oxygen atoms in total. The van der Waals surface area contributed by atoms with Crippen molar-refractivity contribution in [2.24, 2.45) is 0 Å². The molecule has 0 heterocycles. The van der Waals surface area contributed by atoms with Crippen LogP contribution in [0.15, 0.2) is 0 Å². The zero-order valence-corrected chi connectivity index (χ0v) is 7.92. The topological polar surface area (TPSA) is 49.7 Å². The quantitative estimate of drug-likeness (QED) is 0.485. The lowest BCUT2D eigenvalue weighted by atomic mass is 10.2. The Balaban J connectivity index is 0. The lowest BCUT2D eigenvalue weighted by Crippen LogP contribution is -2.15. The van der Waals surface area contributed by atoms with Gasteiger partial charge in [0.05, 0.1) is 5.60 Å². The molecule has 0 bridgehead atoms. The summed E-state index contributed by atoms with van der Waals surface area (Å²) >= 11 is 0. The molecule has 0 aliphatic rings. The van der Waals surface area contributed by atoms with E-state index in [0.29, 0.717) is 6.61 Å². The van der Waals surface area contributed by atoms with E-state index >= 15 is 0 Å². The molecule has 0 aromatic rings. The molecule has 0 saturated heterocycles. The molecule has 0 amide bonds. The SMILES string of the molecule is CC(C)(C)OO.CCCCO. The summed E-state index contributed by atoms with van der Waals surface area (Å²) in [6.45, 7) is 7.71. The van der Waals surface area contributed by atoms with Gasteiger partial charge in [-0.1, -0.05) is 13.3 Å². The van der Waals surface area contributed by atoms with E-state index in [1.165, 1.54) is 0 Å². The van der Waals surface area contributed by atoms with E-state index in [1.54, 1.807) is 20.8 Å². The number of unbranched alkanes of at least 4 members (excludes halogenated alkanes) is 1. The van der Waals surface area contributed by atoms with Gasteiger partial charge in [-0.25, -0.2) is 4.89 Å². The fourth-order valence-electron chi connectivity index (χ4n) is 0.158. The van der Waals surface area contributed by atoms with Crippen LogP contribution in [-0.4, -0.2) is 22.6 Å². The van der Waals surface area contributed by atoms with Gasteiger partial charge in [0.2, 0.25) is 0 Å². The lowest BCUT2D eigenvalue weighted by molar-refractivity contribution is -0.306. The van der Waals surface area contributed by atoms with Crippen LogP contribution in [0.25, 0.3) is 0 Å². The normalized spacial score (nSPS) is 10.4. The van der Waals surface area contributed by atoms with E-state index in [2.05, 4.69) is 11.8 Å². The highest BCUT2D eigenvalue weighted by molar-refractivity contribution is 4.53. The molecule has 11 heavy (non-hydrogen) atoms. The van der Waals surface area contributed by atoms with Crippen LogP contribution in [0.2, 0.25) is 0 Å². The molecule has 0 fully saturated rings. The highest BCUT2D eigenvalue weighted by Crippen LogP contribution is 2.01. The largest absolute Gasteiger partial charge is 0.396 e. The third-order valence-corrected chi connectivity index (χ3v) is 0.786. The van der Waals surface area contributed by atoms with E-state index in [4.69, 9.17) is 10.4 Å². The minimum absolute atomic E-state index is 0.344. The van der Waals surface area contributed by atoms with E-state index in [9.17, 15) is 0 Å².